The van der Waals surface area contributed by atoms with Crippen molar-refractivity contribution < 1.29 is 9.47 Å². The zero-order valence-electron chi connectivity index (χ0n) is 10.2. The molecule has 0 amide bonds. The molecule has 0 saturated heterocycles. The maximum absolute atomic E-state index is 5.76. The molecule has 0 radical (unpaired) electrons. The molecule has 0 aliphatic rings. The van der Waals surface area contributed by atoms with Crippen molar-refractivity contribution in [2.24, 2.45) is 5.73 Å². The summed E-state index contributed by atoms with van der Waals surface area (Å²) in [5, 5.41) is 0. The lowest BCUT2D eigenvalue weighted by Crippen LogP contribution is -2.38. The van der Waals surface area contributed by atoms with Crippen molar-refractivity contribution >= 4 is 0 Å². The summed E-state index contributed by atoms with van der Waals surface area (Å²) < 4.78 is 11.1. The first-order valence-electron chi connectivity index (χ1n) is 5.28. The van der Waals surface area contributed by atoms with E-state index < -0.39 is 0 Å². The second-order valence-corrected chi connectivity index (χ2v) is 4.57. The van der Waals surface area contributed by atoms with Gasteiger partial charge in [0.2, 0.25) is 0 Å². The van der Waals surface area contributed by atoms with E-state index in [-0.39, 0.29) is 11.2 Å². The minimum absolute atomic E-state index is 0.108. The van der Waals surface area contributed by atoms with Gasteiger partial charge in [0.1, 0.15) is 0 Å². The van der Waals surface area contributed by atoms with Crippen LogP contribution in [-0.4, -0.2) is 31.5 Å². The molecular formula is C11H25NO2. The first kappa shape index (κ1) is 13.9. The van der Waals surface area contributed by atoms with Crippen molar-refractivity contribution in [1.29, 1.82) is 0 Å². The highest BCUT2D eigenvalue weighted by Gasteiger charge is 2.23. The van der Waals surface area contributed by atoms with Gasteiger partial charge in [0.05, 0.1) is 17.8 Å². The number of hydrogen-bond acceptors (Lipinski definition) is 3. The van der Waals surface area contributed by atoms with Gasteiger partial charge in [-0.05, 0) is 33.6 Å². The largest absolute Gasteiger partial charge is 0.379 e. The van der Waals surface area contributed by atoms with E-state index in [4.69, 9.17) is 15.2 Å². The van der Waals surface area contributed by atoms with Gasteiger partial charge in [-0.1, -0.05) is 6.92 Å². The smallest absolute Gasteiger partial charge is 0.0773 e. The summed E-state index contributed by atoms with van der Waals surface area (Å²) in [5.74, 6) is 0. The van der Waals surface area contributed by atoms with Crippen LogP contribution in [0, 0.1) is 0 Å². The van der Waals surface area contributed by atoms with Gasteiger partial charge < -0.3 is 15.2 Å². The Balaban J connectivity index is 3.83. The number of methoxy groups -OCH3 is 1. The maximum atomic E-state index is 5.76. The lowest BCUT2D eigenvalue weighted by molar-refractivity contribution is -0.0634. The molecule has 1 unspecified atom stereocenters. The third-order valence-electron chi connectivity index (χ3n) is 2.89. The van der Waals surface area contributed by atoms with Crippen LogP contribution >= 0.6 is 0 Å². The Morgan fingerprint density at radius 2 is 1.79 bits per heavy atom. The molecule has 2 N–H and O–H groups in total. The first-order chi connectivity index (χ1) is 6.39. The van der Waals surface area contributed by atoms with Crippen molar-refractivity contribution in [1.82, 2.24) is 0 Å². The van der Waals surface area contributed by atoms with Gasteiger partial charge in [-0.2, -0.15) is 0 Å². The van der Waals surface area contributed by atoms with E-state index in [1.165, 1.54) is 0 Å². The molecule has 14 heavy (non-hydrogen) atoms. The van der Waals surface area contributed by atoms with Crippen LogP contribution in [0.2, 0.25) is 0 Å². The molecule has 0 bridgehead atoms. The monoisotopic (exact) mass is 203 g/mol. The van der Waals surface area contributed by atoms with Crippen LogP contribution in [0.15, 0.2) is 0 Å². The predicted molar refractivity (Wildman–Crippen MR) is 59.4 cm³/mol. The Bertz CT molecular complexity index is 153. The number of hydrogen-bond donors (Lipinski definition) is 1. The molecule has 0 aromatic heterocycles. The average molecular weight is 203 g/mol. The molecule has 0 fully saturated rings. The molecule has 1 atom stereocenters. The Labute approximate surface area is 88.0 Å². The van der Waals surface area contributed by atoms with Gasteiger partial charge in [0.15, 0.2) is 0 Å². The third kappa shape index (κ3) is 4.94. The van der Waals surface area contributed by atoms with Crippen molar-refractivity contribution in [2.75, 3.05) is 20.3 Å². The van der Waals surface area contributed by atoms with Gasteiger partial charge in [0, 0.05) is 13.7 Å². The van der Waals surface area contributed by atoms with Crippen molar-refractivity contribution in [3.8, 4) is 0 Å². The van der Waals surface area contributed by atoms with E-state index in [1.807, 2.05) is 6.92 Å². The molecular weight excluding hydrogens is 178 g/mol. The lowest BCUT2D eigenvalue weighted by atomic mass is 10.0. The third-order valence-corrected chi connectivity index (χ3v) is 2.89. The number of nitrogens with two attached hydrogens (primary N) is 1. The molecule has 0 heterocycles. The second-order valence-electron chi connectivity index (χ2n) is 4.57. The van der Waals surface area contributed by atoms with E-state index in [0.29, 0.717) is 13.2 Å². The van der Waals surface area contributed by atoms with E-state index in [2.05, 4.69) is 20.8 Å². The SMILES string of the molecule is CCC(C)(CN)OCCC(C)(C)OC. The van der Waals surface area contributed by atoms with Crippen LogP contribution in [0.5, 0.6) is 0 Å². The van der Waals surface area contributed by atoms with Crippen LogP contribution in [0.25, 0.3) is 0 Å². The van der Waals surface area contributed by atoms with Crippen LogP contribution < -0.4 is 5.73 Å². The average Bonchev–Trinajstić information content (AvgIpc) is 2.17. The van der Waals surface area contributed by atoms with Crippen LogP contribution in [-0.2, 0) is 9.47 Å². The molecule has 3 nitrogen and oxygen atoms in total. The van der Waals surface area contributed by atoms with Gasteiger partial charge >= 0.3 is 0 Å². The molecule has 86 valence electrons. The predicted octanol–water partition coefficient (Wildman–Crippen LogP) is 1.95. The van der Waals surface area contributed by atoms with E-state index in [9.17, 15) is 0 Å². The molecule has 0 spiro atoms. The van der Waals surface area contributed by atoms with E-state index in [0.717, 1.165) is 12.8 Å². The molecule has 0 aliphatic carbocycles. The summed E-state index contributed by atoms with van der Waals surface area (Å²) in [5.41, 5.74) is 5.36. The molecule has 0 rings (SSSR count). The van der Waals surface area contributed by atoms with Gasteiger partial charge in [-0.25, -0.2) is 0 Å². The molecule has 0 aromatic rings. The van der Waals surface area contributed by atoms with E-state index >= 15 is 0 Å². The van der Waals surface area contributed by atoms with Crippen LogP contribution in [0.4, 0.5) is 0 Å². The highest BCUT2D eigenvalue weighted by molar-refractivity contribution is 4.75. The number of rotatable bonds is 7. The highest BCUT2D eigenvalue weighted by atomic mass is 16.5. The summed E-state index contributed by atoms with van der Waals surface area (Å²) in [4.78, 5) is 0. The van der Waals surface area contributed by atoms with Crippen molar-refractivity contribution in [2.45, 2.75) is 51.7 Å². The zero-order chi connectivity index (χ0) is 11.2. The number of ether oxygens (including phenoxy) is 2. The first-order valence-corrected chi connectivity index (χ1v) is 5.28. The fraction of sp³-hybridized carbons (Fsp3) is 1.00. The summed E-state index contributed by atoms with van der Waals surface area (Å²) in [6.07, 6.45) is 1.83. The second kappa shape index (κ2) is 5.69. The Hall–Kier alpha value is -0.120. The Morgan fingerprint density at radius 3 is 2.14 bits per heavy atom. The normalized spacial score (nSPS) is 16.7. The molecule has 3 heteroatoms. The molecule has 0 aliphatic heterocycles. The Morgan fingerprint density at radius 1 is 1.21 bits per heavy atom. The van der Waals surface area contributed by atoms with Gasteiger partial charge in [-0.15, -0.1) is 0 Å². The topological polar surface area (TPSA) is 44.5 Å². The van der Waals surface area contributed by atoms with E-state index in [1.54, 1.807) is 7.11 Å². The summed E-state index contributed by atoms with van der Waals surface area (Å²) in [7, 11) is 1.72. The van der Waals surface area contributed by atoms with Gasteiger partial charge in [-0.3, -0.25) is 0 Å². The van der Waals surface area contributed by atoms with Gasteiger partial charge in [0.25, 0.3) is 0 Å². The molecule has 0 saturated carbocycles. The maximum Gasteiger partial charge on any atom is 0.0773 e. The summed E-state index contributed by atoms with van der Waals surface area (Å²) >= 11 is 0. The molecule has 0 aromatic carbocycles. The Kier molecular flexibility index (Phi) is 5.64. The minimum Gasteiger partial charge on any atom is -0.379 e. The summed E-state index contributed by atoms with van der Waals surface area (Å²) in [6.45, 7) is 9.52. The fourth-order valence-electron chi connectivity index (χ4n) is 0.951. The fourth-order valence-corrected chi connectivity index (χ4v) is 0.951. The standard InChI is InChI=1S/C11H25NO2/c1-6-11(4,9-12)14-8-7-10(2,3)13-5/h6-9,12H2,1-5H3. The van der Waals surface area contributed by atoms with Crippen molar-refractivity contribution in [3.05, 3.63) is 0 Å². The highest BCUT2D eigenvalue weighted by Crippen LogP contribution is 2.17. The van der Waals surface area contributed by atoms with Crippen molar-refractivity contribution in [3.63, 3.8) is 0 Å². The quantitative estimate of drug-likeness (QED) is 0.688. The summed E-state index contributed by atoms with van der Waals surface area (Å²) in [6, 6.07) is 0. The minimum atomic E-state index is -0.177. The van der Waals surface area contributed by atoms with Crippen LogP contribution in [0.3, 0.4) is 0 Å². The zero-order valence-corrected chi connectivity index (χ0v) is 10.2. The van der Waals surface area contributed by atoms with Crippen LogP contribution in [0.1, 0.15) is 40.5 Å². The lowest BCUT2D eigenvalue weighted by Gasteiger charge is -2.29.